The highest BCUT2D eigenvalue weighted by Crippen LogP contribution is 2.60. The summed E-state index contributed by atoms with van der Waals surface area (Å²) in [6, 6.07) is 2.12. The summed E-state index contributed by atoms with van der Waals surface area (Å²) < 4.78 is 0. The Hall–Kier alpha value is -0.950. The van der Waals surface area contributed by atoms with Crippen LogP contribution in [0.1, 0.15) is 48.5 Å². The van der Waals surface area contributed by atoms with Crippen LogP contribution < -0.4 is 0 Å². The average molecular weight is 245 g/mol. The van der Waals surface area contributed by atoms with Gasteiger partial charge in [0.25, 0.3) is 0 Å². The van der Waals surface area contributed by atoms with E-state index in [0.717, 1.165) is 22.8 Å². The van der Waals surface area contributed by atoms with Crippen molar-refractivity contribution in [1.82, 2.24) is 10.2 Å². The molecule has 1 aromatic rings. The smallest absolute Gasteiger partial charge is 0.190 e. The molecule has 0 atom stereocenters. The number of nitriles is 1. The van der Waals surface area contributed by atoms with E-state index < -0.39 is 0 Å². The molecule has 4 bridgehead atoms. The summed E-state index contributed by atoms with van der Waals surface area (Å²) in [5.41, 5.74) is 0.307. The Balaban J connectivity index is 1.75. The summed E-state index contributed by atoms with van der Waals surface area (Å²) in [7, 11) is 0. The van der Waals surface area contributed by atoms with Crippen LogP contribution in [-0.2, 0) is 5.41 Å². The summed E-state index contributed by atoms with van der Waals surface area (Å²) in [5, 5.41) is 18.9. The Bertz CT molecular complexity index is 464. The summed E-state index contributed by atoms with van der Waals surface area (Å²) in [6.45, 7) is 0. The number of hydrogen-bond acceptors (Lipinski definition) is 4. The lowest BCUT2D eigenvalue weighted by atomic mass is 9.50. The minimum absolute atomic E-state index is 0.307. The molecule has 4 aliphatic carbocycles. The quantitative estimate of drug-likeness (QED) is 0.764. The van der Waals surface area contributed by atoms with E-state index in [1.54, 1.807) is 0 Å². The highest BCUT2D eigenvalue weighted by Gasteiger charge is 2.53. The van der Waals surface area contributed by atoms with E-state index >= 15 is 0 Å². The predicted molar refractivity (Wildman–Crippen MR) is 64.5 cm³/mol. The molecule has 0 aromatic carbocycles. The Labute approximate surface area is 105 Å². The van der Waals surface area contributed by atoms with E-state index in [9.17, 15) is 0 Å². The largest absolute Gasteiger partial charge is 0.217 e. The van der Waals surface area contributed by atoms with Crippen molar-refractivity contribution in [2.75, 3.05) is 0 Å². The molecule has 0 amide bonds. The highest BCUT2D eigenvalue weighted by atomic mass is 32.1. The fourth-order valence-electron chi connectivity index (χ4n) is 4.86. The second-order valence-corrected chi connectivity index (χ2v) is 7.20. The SMILES string of the molecule is N#Cc1nnc(C23CC4CC(CC(C4)C2)C3)s1. The topological polar surface area (TPSA) is 49.6 Å². The first-order valence-corrected chi connectivity index (χ1v) is 7.33. The van der Waals surface area contributed by atoms with Gasteiger partial charge in [0.15, 0.2) is 0 Å². The molecule has 0 radical (unpaired) electrons. The van der Waals surface area contributed by atoms with Crippen LogP contribution in [0.4, 0.5) is 0 Å². The first-order valence-electron chi connectivity index (χ1n) is 6.51. The Kier molecular flexibility index (Phi) is 1.94. The lowest BCUT2D eigenvalue weighted by molar-refractivity contribution is -0.00555. The number of nitrogens with zero attached hydrogens (tertiary/aromatic N) is 3. The molecule has 1 aromatic heterocycles. The van der Waals surface area contributed by atoms with Gasteiger partial charge < -0.3 is 0 Å². The van der Waals surface area contributed by atoms with Crippen molar-refractivity contribution in [3.8, 4) is 6.07 Å². The van der Waals surface area contributed by atoms with Gasteiger partial charge in [-0.15, -0.1) is 10.2 Å². The van der Waals surface area contributed by atoms with Crippen molar-refractivity contribution in [3.63, 3.8) is 0 Å². The minimum atomic E-state index is 0.307. The third-order valence-corrected chi connectivity index (χ3v) is 6.09. The minimum Gasteiger partial charge on any atom is -0.190 e. The van der Waals surface area contributed by atoms with E-state index in [2.05, 4.69) is 16.3 Å². The number of hydrogen-bond donors (Lipinski definition) is 0. The summed E-state index contributed by atoms with van der Waals surface area (Å²) >= 11 is 1.54. The Morgan fingerprint density at radius 1 is 1.06 bits per heavy atom. The molecule has 0 unspecified atom stereocenters. The molecular formula is C13H15N3S. The Morgan fingerprint density at radius 3 is 2.12 bits per heavy atom. The molecule has 3 nitrogen and oxygen atoms in total. The summed E-state index contributed by atoms with van der Waals surface area (Å²) in [6.07, 6.45) is 8.26. The molecule has 0 aliphatic heterocycles. The van der Waals surface area contributed by atoms with E-state index in [-0.39, 0.29) is 0 Å². The van der Waals surface area contributed by atoms with E-state index in [0.29, 0.717) is 10.4 Å². The predicted octanol–water partition coefficient (Wildman–Crippen LogP) is 2.88. The van der Waals surface area contributed by atoms with Crippen LogP contribution in [0, 0.1) is 29.1 Å². The molecule has 4 saturated carbocycles. The summed E-state index contributed by atoms with van der Waals surface area (Å²) in [4.78, 5) is 0. The van der Waals surface area contributed by atoms with E-state index in [1.807, 2.05) is 0 Å². The maximum Gasteiger partial charge on any atom is 0.217 e. The van der Waals surface area contributed by atoms with Gasteiger partial charge in [-0.25, -0.2) is 0 Å². The van der Waals surface area contributed by atoms with Gasteiger partial charge in [0, 0.05) is 5.41 Å². The molecular weight excluding hydrogens is 230 g/mol. The van der Waals surface area contributed by atoms with Crippen molar-refractivity contribution in [2.24, 2.45) is 17.8 Å². The zero-order valence-electron chi connectivity index (χ0n) is 9.72. The van der Waals surface area contributed by atoms with E-state index in [4.69, 9.17) is 5.26 Å². The molecule has 4 aliphatic rings. The van der Waals surface area contributed by atoms with Gasteiger partial charge in [-0.1, -0.05) is 11.3 Å². The van der Waals surface area contributed by atoms with Crippen molar-refractivity contribution < 1.29 is 0 Å². The van der Waals surface area contributed by atoms with Crippen LogP contribution in [0.2, 0.25) is 0 Å². The maximum absolute atomic E-state index is 8.89. The van der Waals surface area contributed by atoms with Gasteiger partial charge >= 0.3 is 0 Å². The van der Waals surface area contributed by atoms with Crippen LogP contribution in [0.5, 0.6) is 0 Å². The number of aromatic nitrogens is 2. The van der Waals surface area contributed by atoms with Crippen molar-refractivity contribution in [3.05, 3.63) is 10.0 Å². The third kappa shape index (κ3) is 1.38. The van der Waals surface area contributed by atoms with E-state index in [1.165, 1.54) is 49.9 Å². The zero-order chi connectivity index (χ0) is 11.5. The van der Waals surface area contributed by atoms with Crippen molar-refractivity contribution in [1.29, 1.82) is 5.26 Å². The van der Waals surface area contributed by atoms with Crippen molar-refractivity contribution >= 4 is 11.3 Å². The molecule has 0 N–H and O–H groups in total. The molecule has 88 valence electrons. The molecule has 17 heavy (non-hydrogen) atoms. The van der Waals surface area contributed by atoms with Gasteiger partial charge in [-0.3, -0.25) is 0 Å². The first-order chi connectivity index (χ1) is 8.27. The maximum atomic E-state index is 8.89. The zero-order valence-corrected chi connectivity index (χ0v) is 10.5. The fraction of sp³-hybridized carbons (Fsp3) is 0.769. The van der Waals surface area contributed by atoms with Crippen LogP contribution >= 0.6 is 11.3 Å². The molecule has 4 fully saturated rings. The van der Waals surface area contributed by atoms with Gasteiger partial charge in [0.1, 0.15) is 11.1 Å². The van der Waals surface area contributed by atoms with Gasteiger partial charge in [0.2, 0.25) is 5.01 Å². The monoisotopic (exact) mass is 245 g/mol. The lowest BCUT2D eigenvalue weighted by Gasteiger charge is -2.55. The van der Waals surface area contributed by atoms with Crippen LogP contribution in [0.3, 0.4) is 0 Å². The second-order valence-electron chi connectivity index (χ2n) is 6.22. The second kappa shape index (κ2) is 3.29. The lowest BCUT2D eigenvalue weighted by Crippen LogP contribution is -2.48. The standard InChI is InChI=1S/C13H15N3S/c14-7-11-15-16-12(17-11)13-4-8-1-9(5-13)3-10(2-8)6-13/h8-10H,1-6H2. The number of rotatable bonds is 1. The molecule has 1 heterocycles. The third-order valence-electron chi connectivity index (χ3n) is 5.01. The van der Waals surface area contributed by atoms with Crippen LogP contribution in [0.15, 0.2) is 0 Å². The molecule has 5 rings (SSSR count). The molecule has 4 heteroatoms. The Morgan fingerprint density at radius 2 is 1.65 bits per heavy atom. The van der Waals surface area contributed by atoms with Crippen molar-refractivity contribution in [2.45, 2.75) is 43.9 Å². The van der Waals surface area contributed by atoms with Crippen LogP contribution in [0.25, 0.3) is 0 Å². The molecule has 0 saturated heterocycles. The van der Waals surface area contributed by atoms with Gasteiger partial charge in [-0.05, 0) is 56.3 Å². The fourth-order valence-corrected chi connectivity index (χ4v) is 5.71. The van der Waals surface area contributed by atoms with Gasteiger partial charge in [0.05, 0.1) is 0 Å². The average Bonchev–Trinajstić information content (AvgIpc) is 2.76. The van der Waals surface area contributed by atoms with Gasteiger partial charge in [-0.2, -0.15) is 5.26 Å². The normalized spacial score (nSPS) is 42.6. The van der Waals surface area contributed by atoms with Crippen LogP contribution in [-0.4, -0.2) is 10.2 Å². The summed E-state index contributed by atoms with van der Waals surface area (Å²) in [5.74, 6) is 2.78. The highest BCUT2D eigenvalue weighted by molar-refractivity contribution is 7.11. The first kappa shape index (κ1) is 10.0. The molecule has 0 spiro atoms.